The Morgan fingerprint density at radius 1 is 1.59 bits per heavy atom. The summed E-state index contributed by atoms with van der Waals surface area (Å²) in [4.78, 5) is 4.32. The summed E-state index contributed by atoms with van der Waals surface area (Å²) >= 11 is 0. The molecule has 0 aliphatic rings. The van der Waals surface area contributed by atoms with Crippen molar-refractivity contribution in [2.24, 2.45) is 0 Å². The molecule has 2 atom stereocenters. The van der Waals surface area contributed by atoms with Crippen LogP contribution in [0.15, 0.2) is 18.3 Å². The molecule has 0 aliphatic heterocycles. The number of aliphatic hydroxyl groups is 1. The maximum Gasteiger partial charge on any atom is 0.140 e. The molecule has 0 radical (unpaired) electrons. The highest BCUT2D eigenvalue weighted by Gasteiger charge is 2.05. The van der Waals surface area contributed by atoms with Gasteiger partial charge in [-0.2, -0.15) is 0 Å². The molecule has 0 aliphatic carbocycles. The molecule has 4 nitrogen and oxygen atoms in total. The van der Waals surface area contributed by atoms with E-state index in [-0.39, 0.29) is 0 Å². The lowest BCUT2D eigenvalue weighted by Gasteiger charge is -2.11. The molecule has 1 aromatic heterocycles. The first-order valence-corrected chi connectivity index (χ1v) is 7.38. The lowest BCUT2D eigenvalue weighted by Crippen LogP contribution is -2.14. The highest BCUT2D eigenvalue weighted by atomic mass is 31.1. The van der Waals surface area contributed by atoms with Crippen molar-refractivity contribution in [1.82, 2.24) is 10.1 Å². The number of ether oxygens (including phenoxy) is 1. The van der Waals surface area contributed by atoms with Crippen LogP contribution in [-0.4, -0.2) is 36.0 Å². The summed E-state index contributed by atoms with van der Waals surface area (Å²) in [6.45, 7) is 5.15. The van der Waals surface area contributed by atoms with E-state index in [1.54, 1.807) is 13.1 Å². The summed E-state index contributed by atoms with van der Waals surface area (Å²) in [5.41, 5.74) is 0.967. The minimum absolute atomic E-state index is 0.313. The summed E-state index contributed by atoms with van der Waals surface area (Å²) in [6.07, 6.45) is 3.27. The number of nitrogens with zero attached hydrogens (tertiary/aromatic N) is 1. The zero-order chi connectivity index (χ0) is 12.5. The standard InChI is InChI=1S/C12H21N2O2P/c1-10(15)9-16-12-6-4-7-13-11(12)5-3-8-14-17-2/h4,6-7,10,14-15,17H,3,5,8-9H2,1-2H3. The summed E-state index contributed by atoms with van der Waals surface area (Å²) in [5, 5.41) is 12.5. The molecule has 5 heteroatoms. The van der Waals surface area contributed by atoms with Crippen molar-refractivity contribution in [1.29, 1.82) is 0 Å². The molecule has 1 aromatic rings. The van der Waals surface area contributed by atoms with Gasteiger partial charge >= 0.3 is 0 Å². The smallest absolute Gasteiger partial charge is 0.140 e. The zero-order valence-electron chi connectivity index (χ0n) is 10.4. The van der Waals surface area contributed by atoms with Gasteiger partial charge in [-0.05, 0) is 45.1 Å². The van der Waals surface area contributed by atoms with Crippen LogP contribution in [0.5, 0.6) is 5.75 Å². The molecule has 0 bridgehead atoms. The Morgan fingerprint density at radius 2 is 2.41 bits per heavy atom. The minimum Gasteiger partial charge on any atom is -0.489 e. The van der Waals surface area contributed by atoms with Gasteiger partial charge in [-0.25, -0.2) is 0 Å². The Kier molecular flexibility index (Phi) is 7.10. The first kappa shape index (κ1) is 14.4. The largest absolute Gasteiger partial charge is 0.489 e. The lowest BCUT2D eigenvalue weighted by molar-refractivity contribution is 0.122. The molecule has 2 N–H and O–H groups in total. The predicted molar refractivity (Wildman–Crippen MR) is 72.0 cm³/mol. The fourth-order valence-corrected chi connectivity index (χ4v) is 1.85. The number of aliphatic hydroxyl groups excluding tert-OH is 1. The van der Waals surface area contributed by atoms with Crippen molar-refractivity contribution in [2.75, 3.05) is 19.8 Å². The highest BCUT2D eigenvalue weighted by Crippen LogP contribution is 2.17. The van der Waals surface area contributed by atoms with E-state index in [9.17, 15) is 5.11 Å². The van der Waals surface area contributed by atoms with Gasteiger partial charge in [-0.15, -0.1) is 0 Å². The van der Waals surface area contributed by atoms with Crippen molar-refractivity contribution < 1.29 is 9.84 Å². The number of aromatic nitrogens is 1. The molecular weight excluding hydrogens is 235 g/mol. The van der Waals surface area contributed by atoms with Crippen LogP contribution < -0.4 is 9.82 Å². The second kappa shape index (κ2) is 8.40. The van der Waals surface area contributed by atoms with Gasteiger partial charge < -0.3 is 9.84 Å². The first-order valence-electron chi connectivity index (χ1n) is 5.88. The third-order valence-corrected chi connectivity index (χ3v) is 2.82. The van der Waals surface area contributed by atoms with Crippen molar-refractivity contribution in [2.45, 2.75) is 25.9 Å². The summed E-state index contributed by atoms with van der Waals surface area (Å²) in [6, 6.07) is 3.76. The number of hydrogen-bond donors (Lipinski definition) is 2. The average Bonchev–Trinajstić information content (AvgIpc) is 2.33. The first-order chi connectivity index (χ1) is 8.24. The second-order valence-corrected chi connectivity index (χ2v) is 4.74. The third-order valence-electron chi connectivity index (χ3n) is 2.22. The fraction of sp³-hybridized carbons (Fsp3) is 0.583. The highest BCUT2D eigenvalue weighted by molar-refractivity contribution is 7.34. The summed E-state index contributed by atoms with van der Waals surface area (Å²) in [5.74, 6) is 0.785. The van der Waals surface area contributed by atoms with Gasteiger partial charge in [0, 0.05) is 6.20 Å². The van der Waals surface area contributed by atoms with E-state index in [0.29, 0.717) is 6.61 Å². The Labute approximate surface area is 105 Å². The number of hydrogen-bond acceptors (Lipinski definition) is 4. The van der Waals surface area contributed by atoms with Gasteiger partial charge in [0.15, 0.2) is 0 Å². The van der Waals surface area contributed by atoms with Crippen LogP contribution in [-0.2, 0) is 6.42 Å². The topological polar surface area (TPSA) is 54.4 Å². The van der Waals surface area contributed by atoms with Crippen LogP contribution in [0.1, 0.15) is 19.0 Å². The van der Waals surface area contributed by atoms with E-state index in [2.05, 4.69) is 16.7 Å². The van der Waals surface area contributed by atoms with Gasteiger partial charge in [0.05, 0.1) is 11.8 Å². The maximum absolute atomic E-state index is 9.20. The quantitative estimate of drug-likeness (QED) is 0.548. The van der Waals surface area contributed by atoms with Gasteiger partial charge in [-0.3, -0.25) is 10.1 Å². The fourth-order valence-electron chi connectivity index (χ4n) is 1.42. The average molecular weight is 256 g/mol. The minimum atomic E-state index is -0.453. The summed E-state index contributed by atoms with van der Waals surface area (Å²) < 4.78 is 5.52. The monoisotopic (exact) mass is 256 g/mol. The van der Waals surface area contributed by atoms with E-state index in [4.69, 9.17) is 4.74 Å². The molecule has 0 spiro atoms. The molecule has 17 heavy (non-hydrogen) atoms. The van der Waals surface area contributed by atoms with Crippen LogP contribution in [0.2, 0.25) is 0 Å². The molecule has 1 rings (SSSR count). The molecule has 0 fully saturated rings. The molecule has 2 unspecified atom stereocenters. The molecule has 0 saturated carbocycles. The Morgan fingerprint density at radius 3 is 3.12 bits per heavy atom. The Balaban J connectivity index is 2.46. The van der Waals surface area contributed by atoms with Crippen molar-refractivity contribution in [3.63, 3.8) is 0 Å². The SMILES string of the molecule is CPNCCCc1ncccc1OCC(C)O. The normalized spacial score (nSPS) is 13.1. The third kappa shape index (κ3) is 5.97. The van der Waals surface area contributed by atoms with Crippen LogP contribution in [0.25, 0.3) is 0 Å². The van der Waals surface area contributed by atoms with Crippen LogP contribution in [0, 0.1) is 0 Å². The molecule has 0 aromatic carbocycles. The summed E-state index contributed by atoms with van der Waals surface area (Å²) in [7, 11) is 0.785. The second-order valence-electron chi connectivity index (χ2n) is 3.89. The maximum atomic E-state index is 9.20. The number of rotatable bonds is 8. The molecule has 96 valence electrons. The number of pyridine rings is 1. The van der Waals surface area contributed by atoms with Gasteiger partial charge in [-0.1, -0.05) is 8.73 Å². The van der Waals surface area contributed by atoms with Crippen LogP contribution in [0.4, 0.5) is 0 Å². The van der Waals surface area contributed by atoms with Crippen molar-refractivity contribution >= 4 is 8.73 Å². The van der Waals surface area contributed by atoms with E-state index in [1.165, 1.54) is 0 Å². The van der Waals surface area contributed by atoms with Crippen LogP contribution in [0.3, 0.4) is 0 Å². The predicted octanol–water partition coefficient (Wildman–Crippen LogP) is 1.59. The van der Waals surface area contributed by atoms with E-state index >= 15 is 0 Å². The van der Waals surface area contributed by atoms with E-state index < -0.39 is 6.10 Å². The van der Waals surface area contributed by atoms with E-state index in [1.807, 2.05) is 12.1 Å². The Hall–Kier alpha value is -0.700. The van der Waals surface area contributed by atoms with Gasteiger partial charge in [0.1, 0.15) is 12.4 Å². The molecule has 1 heterocycles. The Bertz CT molecular complexity index is 321. The molecule has 0 saturated heterocycles. The molecule has 0 amide bonds. The lowest BCUT2D eigenvalue weighted by atomic mass is 10.2. The van der Waals surface area contributed by atoms with Crippen molar-refractivity contribution in [3.8, 4) is 5.75 Å². The van der Waals surface area contributed by atoms with E-state index in [0.717, 1.165) is 39.6 Å². The molecular formula is C12H21N2O2P. The zero-order valence-corrected chi connectivity index (χ0v) is 11.4. The van der Waals surface area contributed by atoms with Gasteiger partial charge in [0.25, 0.3) is 0 Å². The van der Waals surface area contributed by atoms with Crippen molar-refractivity contribution in [3.05, 3.63) is 24.0 Å². The van der Waals surface area contributed by atoms with Crippen LogP contribution >= 0.6 is 8.73 Å². The van der Waals surface area contributed by atoms with Gasteiger partial charge in [0.2, 0.25) is 0 Å². The number of aryl methyl sites for hydroxylation is 1. The number of nitrogens with one attached hydrogen (secondary N) is 1.